The van der Waals surface area contributed by atoms with Gasteiger partial charge >= 0.3 is 0 Å². The Labute approximate surface area is 162 Å². The van der Waals surface area contributed by atoms with Gasteiger partial charge < -0.3 is 4.52 Å². The van der Waals surface area contributed by atoms with E-state index in [0.29, 0.717) is 43.2 Å². The molecule has 0 radical (unpaired) electrons. The molecule has 0 unspecified atom stereocenters. The predicted octanol–water partition coefficient (Wildman–Crippen LogP) is 3.15. The first-order valence-electron chi connectivity index (χ1n) is 8.95. The number of piperidine rings is 1. The van der Waals surface area contributed by atoms with E-state index >= 15 is 0 Å². The van der Waals surface area contributed by atoms with Gasteiger partial charge in [-0.15, -0.1) is 0 Å². The number of hydrogen-bond donors (Lipinski definition) is 0. The molecule has 146 valence electrons. The SMILES string of the molecule is Cc1ccc(F)cc1S(=O)(=O)N1CCC(c2nc(-c3cccnc3)no2)CC1. The maximum Gasteiger partial charge on any atom is 0.243 e. The maximum absolute atomic E-state index is 13.6. The van der Waals surface area contributed by atoms with Crippen molar-refractivity contribution in [3.05, 3.63) is 60.0 Å². The third-order valence-electron chi connectivity index (χ3n) is 4.93. The number of sulfonamides is 1. The van der Waals surface area contributed by atoms with E-state index in [1.165, 1.54) is 16.4 Å². The predicted molar refractivity (Wildman–Crippen MR) is 99.4 cm³/mol. The summed E-state index contributed by atoms with van der Waals surface area (Å²) in [6.07, 6.45) is 4.44. The molecule has 1 fully saturated rings. The van der Waals surface area contributed by atoms with E-state index in [4.69, 9.17) is 4.52 Å². The molecule has 0 aliphatic carbocycles. The van der Waals surface area contributed by atoms with Gasteiger partial charge in [-0.3, -0.25) is 4.98 Å². The van der Waals surface area contributed by atoms with E-state index in [2.05, 4.69) is 15.1 Å². The fraction of sp³-hybridized carbons (Fsp3) is 0.316. The molecule has 1 aliphatic rings. The molecule has 0 amide bonds. The van der Waals surface area contributed by atoms with Crippen molar-refractivity contribution in [1.29, 1.82) is 0 Å². The van der Waals surface area contributed by atoms with Crippen molar-refractivity contribution >= 4 is 10.0 Å². The van der Waals surface area contributed by atoms with Crippen molar-refractivity contribution in [3.8, 4) is 11.4 Å². The van der Waals surface area contributed by atoms with Crippen molar-refractivity contribution in [2.45, 2.75) is 30.6 Å². The molecule has 3 aromatic rings. The molecule has 0 spiro atoms. The molecule has 0 bridgehead atoms. The Balaban J connectivity index is 1.48. The lowest BCUT2D eigenvalue weighted by Gasteiger charge is -2.30. The number of hydrogen-bond acceptors (Lipinski definition) is 6. The highest BCUT2D eigenvalue weighted by Crippen LogP contribution is 2.31. The minimum Gasteiger partial charge on any atom is -0.339 e. The van der Waals surface area contributed by atoms with E-state index in [1.54, 1.807) is 25.4 Å². The van der Waals surface area contributed by atoms with Gasteiger partial charge in [-0.25, -0.2) is 12.8 Å². The Kier molecular flexibility index (Phi) is 4.94. The van der Waals surface area contributed by atoms with Gasteiger partial charge in [-0.2, -0.15) is 9.29 Å². The number of benzene rings is 1. The molecule has 4 rings (SSSR count). The molecule has 1 aliphatic heterocycles. The van der Waals surface area contributed by atoms with Crippen LogP contribution in [0.5, 0.6) is 0 Å². The molecular weight excluding hydrogens is 383 g/mol. The van der Waals surface area contributed by atoms with Crippen LogP contribution >= 0.6 is 0 Å². The second-order valence-corrected chi connectivity index (χ2v) is 8.69. The molecule has 9 heteroatoms. The lowest BCUT2D eigenvalue weighted by atomic mass is 9.98. The number of aromatic nitrogens is 3. The van der Waals surface area contributed by atoms with Gasteiger partial charge in [0, 0.05) is 37.0 Å². The van der Waals surface area contributed by atoms with Gasteiger partial charge in [0.1, 0.15) is 5.82 Å². The Morgan fingerprint density at radius 1 is 1.21 bits per heavy atom. The third-order valence-corrected chi connectivity index (χ3v) is 6.97. The summed E-state index contributed by atoms with van der Waals surface area (Å²) in [4.78, 5) is 8.50. The van der Waals surface area contributed by atoms with Gasteiger partial charge in [0.05, 0.1) is 4.90 Å². The van der Waals surface area contributed by atoms with Gasteiger partial charge in [0.15, 0.2) is 0 Å². The van der Waals surface area contributed by atoms with Crippen LogP contribution in [0.15, 0.2) is 52.1 Å². The topological polar surface area (TPSA) is 89.2 Å². The van der Waals surface area contributed by atoms with Crippen molar-refractivity contribution < 1.29 is 17.3 Å². The molecule has 0 N–H and O–H groups in total. The number of halogens is 1. The second kappa shape index (κ2) is 7.40. The van der Waals surface area contributed by atoms with Crippen molar-refractivity contribution in [2.24, 2.45) is 0 Å². The van der Waals surface area contributed by atoms with E-state index in [9.17, 15) is 12.8 Å². The van der Waals surface area contributed by atoms with Crippen molar-refractivity contribution in [2.75, 3.05) is 13.1 Å². The smallest absolute Gasteiger partial charge is 0.243 e. The molecule has 28 heavy (non-hydrogen) atoms. The fourth-order valence-corrected chi connectivity index (χ4v) is 5.05. The van der Waals surface area contributed by atoms with Crippen LogP contribution in [-0.2, 0) is 10.0 Å². The summed E-state index contributed by atoms with van der Waals surface area (Å²) in [5.74, 6) is 0.386. The molecule has 2 aromatic heterocycles. The third kappa shape index (κ3) is 3.55. The van der Waals surface area contributed by atoms with Crippen LogP contribution in [0.4, 0.5) is 4.39 Å². The summed E-state index contributed by atoms with van der Waals surface area (Å²) in [6.45, 7) is 2.29. The Morgan fingerprint density at radius 2 is 2.00 bits per heavy atom. The number of rotatable bonds is 4. The Morgan fingerprint density at radius 3 is 2.71 bits per heavy atom. The van der Waals surface area contributed by atoms with Crippen LogP contribution in [0.1, 0.15) is 30.2 Å². The van der Waals surface area contributed by atoms with E-state index in [-0.39, 0.29) is 10.8 Å². The van der Waals surface area contributed by atoms with Gasteiger partial charge in [0.2, 0.25) is 21.7 Å². The summed E-state index contributed by atoms with van der Waals surface area (Å²) >= 11 is 0. The van der Waals surface area contributed by atoms with Crippen LogP contribution in [0.2, 0.25) is 0 Å². The maximum atomic E-state index is 13.6. The van der Waals surface area contributed by atoms with Crippen molar-refractivity contribution in [1.82, 2.24) is 19.4 Å². The average Bonchev–Trinajstić information content (AvgIpc) is 3.21. The van der Waals surface area contributed by atoms with Crippen LogP contribution in [0.25, 0.3) is 11.4 Å². The summed E-state index contributed by atoms with van der Waals surface area (Å²) < 4.78 is 46.1. The first kappa shape index (κ1) is 18.7. The number of nitrogens with zero attached hydrogens (tertiary/aromatic N) is 4. The largest absolute Gasteiger partial charge is 0.339 e. The lowest BCUT2D eigenvalue weighted by molar-refractivity contribution is 0.270. The van der Waals surface area contributed by atoms with Crippen LogP contribution in [-0.4, -0.2) is 40.9 Å². The summed E-state index contributed by atoms with van der Waals surface area (Å²) in [7, 11) is -3.74. The molecule has 3 heterocycles. The van der Waals surface area contributed by atoms with E-state index in [0.717, 1.165) is 11.6 Å². The van der Waals surface area contributed by atoms with Crippen LogP contribution in [0, 0.1) is 12.7 Å². The highest BCUT2D eigenvalue weighted by atomic mass is 32.2. The molecular formula is C19H19FN4O3S. The molecule has 0 atom stereocenters. The molecule has 7 nitrogen and oxygen atoms in total. The molecule has 1 aromatic carbocycles. The first-order valence-corrected chi connectivity index (χ1v) is 10.4. The minimum atomic E-state index is -3.74. The summed E-state index contributed by atoms with van der Waals surface area (Å²) in [6, 6.07) is 7.46. The second-order valence-electron chi connectivity index (χ2n) is 6.79. The highest BCUT2D eigenvalue weighted by Gasteiger charge is 2.33. The van der Waals surface area contributed by atoms with E-state index < -0.39 is 15.8 Å². The molecule has 0 saturated carbocycles. The first-order chi connectivity index (χ1) is 13.4. The minimum absolute atomic E-state index is 0.0158. The normalized spacial score (nSPS) is 16.4. The lowest BCUT2D eigenvalue weighted by Crippen LogP contribution is -2.38. The summed E-state index contributed by atoms with van der Waals surface area (Å²) in [5, 5.41) is 4.00. The van der Waals surface area contributed by atoms with Crippen LogP contribution < -0.4 is 0 Å². The van der Waals surface area contributed by atoms with Crippen molar-refractivity contribution in [3.63, 3.8) is 0 Å². The monoisotopic (exact) mass is 402 g/mol. The standard InChI is InChI=1S/C19H19FN4O3S/c1-13-4-5-16(20)11-17(13)28(25,26)24-9-6-14(7-10-24)19-22-18(23-27-19)15-3-2-8-21-12-15/h2-5,8,11-12,14H,6-7,9-10H2,1H3. The zero-order valence-corrected chi connectivity index (χ0v) is 16.1. The summed E-state index contributed by atoms with van der Waals surface area (Å²) in [5.41, 5.74) is 1.29. The van der Waals surface area contributed by atoms with Gasteiger partial charge in [0.25, 0.3) is 0 Å². The number of pyridine rings is 1. The average molecular weight is 402 g/mol. The van der Waals surface area contributed by atoms with Gasteiger partial charge in [-0.05, 0) is 49.6 Å². The Hall–Kier alpha value is -2.65. The molecule has 1 saturated heterocycles. The quantitative estimate of drug-likeness (QED) is 0.666. The van der Waals surface area contributed by atoms with Crippen LogP contribution in [0.3, 0.4) is 0 Å². The van der Waals surface area contributed by atoms with Gasteiger partial charge in [-0.1, -0.05) is 11.2 Å². The zero-order valence-electron chi connectivity index (χ0n) is 15.2. The highest BCUT2D eigenvalue weighted by molar-refractivity contribution is 7.89. The van der Waals surface area contributed by atoms with E-state index in [1.807, 2.05) is 6.07 Å². The zero-order chi connectivity index (χ0) is 19.7. The Bertz CT molecular complexity index is 1080. The fourth-order valence-electron chi connectivity index (χ4n) is 3.35. The number of aryl methyl sites for hydroxylation is 1.